The number of hydrogen-bond donors (Lipinski definition) is 3. The predicted molar refractivity (Wildman–Crippen MR) is 139 cm³/mol. The number of piperazine rings is 1. The minimum absolute atomic E-state index is 0.140. The average Bonchev–Trinajstić information content (AvgIpc) is 2.93. The van der Waals surface area contributed by atoms with Crippen LogP contribution in [0.15, 0.2) is 48.5 Å². The molecule has 37 heavy (non-hydrogen) atoms. The first-order valence-corrected chi connectivity index (χ1v) is 12.9. The summed E-state index contributed by atoms with van der Waals surface area (Å²) >= 11 is 0. The van der Waals surface area contributed by atoms with Crippen LogP contribution in [0.4, 0.5) is 0 Å². The molecule has 0 bridgehead atoms. The summed E-state index contributed by atoms with van der Waals surface area (Å²) in [6.07, 6.45) is 2.90. The zero-order chi connectivity index (χ0) is 26.4. The van der Waals surface area contributed by atoms with E-state index in [-0.39, 0.29) is 24.3 Å². The number of benzene rings is 2. The molecule has 9 heteroatoms. The minimum Gasteiger partial charge on any atom is -0.457 e. The van der Waals surface area contributed by atoms with Crippen LogP contribution in [0.1, 0.15) is 48.5 Å². The normalized spacial score (nSPS) is 19.5. The number of nitrogens with zero attached hydrogens (tertiary/aromatic N) is 2. The van der Waals surface area contributed by atoms with Crippen LogP contribution in [0.5, 0.6) is 11.5 Å². The van der Waals surface area contributed by atoms with E-state index in [2.05, 4.69) is 22.5 Å². The number of aliphatic hydroxyl groups excluding tert-OH is 1. The van der Waals surface area contributed by atoms with Crippen molar-refractivity contribution in [3.05, 3.63) is 59.7 Å². The maximum atomic E-state index is 13.1. The molecule has 0 saturated carbocycles. The zero-order valence-corrected chi connectivity index (χ0v) is 21.5. The number of piperidine rings is 1. The van der Waals surface area contributed by atoms with Gasteiger partial charge in [0.05, 0.1) is 6.61 Å². The molecule has 0 unspecified atom stereocenters. The molecule has 2 aromatic carbocycles. The molecule has 198 valence electrons. The molecule has 4 rings (SSSR count). The van der Waals surface area contributed by atoms with E-state index in [1.165, 1.54) is 0 Å². The monoisotopic (exact) mass is 508 g/mol. The summed E-state index contributed by atoms with van der Waals surface area (Å²) in [6.45, 7) is 4.35. The van der Waals surface area contributed by atoms with Crippen molar-refractivity contribution in [2.24, 2.45) is 0 Å². The van der Waals surface area contributed by atoms with Gasteiger partial charge < -0.3 is 25.4 Å². The Hall–Kier alpha value is -3.43. The molecule has 0 radical (unpaired) electrons. The van der Waals surface area contributed by atoms with Crippen LogP contribution in [-0.4, -0.2) is 77.5 Å². The van der Waals surface area contributed by atoms with Gasteiger partial charge in [-0.15, -0.1) is 0 Å². The number of ether oxygens (including phenoxy) is 1. The fourth-order valence-corrected chi connectivity index (χ4v) is 5.09. The third kappa shape index (κ3) is 5.78. The van der Waals surface area contributed by atoms with E-state index in [1.807, 2.05) is 24.3 Å². The van der Waals surface area contributed by atoms with Crippen LogP contribution in [0, 0.1) is 0 Å². The summed E-state index contributed by atoms with van der Waals surface area (Å²) in [4.78, 5) is 41.8. The van der Waals surface area contributed by atoms with E-state index in [4.69, 9.17) is 4.74 Å². The van der Waals surface area contributed by atoms with Gasteiger partial charge in [-0.1, -0.05) is 25.5 Å². The maximum absolute atomic E-state index is 13.1. The van der Waals surface area contributed by atoms with Crippen molar-refractivity contribution in [3.63, 3.8) is 0 Å². The first kappa shape index (κ1) is 26.6. The molecular weight excluding hydrogens is 472 g/mol. The second kappa shape index (κ2) is 11.7. The largest absolute Gasteiger partial charge is 0.457 e. The van der Waals surface area contributed by atoms with Gasteiger partial charge in [-0.2, -0.15) is 0 Å². The lowest BCUT2D eigenvalue weighted by Gasteiger charge is -2.51. The van der Waals surface area contributed by atoms with Crippen LogP contribution < -0.4 is 15.4 Å². The number of carbonyl (C=O) groups is 3. The number of likely N-dealkylation sites (tertiary alicyclic amines) is 1. The van der Waals surface area contributed by atoms with Gasteiger partial charge in [-0.25, -0.2) is 0 Å². The van der Waals surface area contributed by atoms with Crippen molar-refractivity contribution in [2.45, 2.75) is 50.7 Å². The van der Waals surface area contributed by atoms with E-state index in [1.54, 1.807) is 36.2 Å². The average molecular weight is 509 g/mol. The minimum atomic E-state index is -0.845. The highest BCUT2D eigenvalue weighted by molar-refractivity contribution is 6.00. The summed E-state index contributed by atoms with van der Waals surface area (Å²) < 4.78 is 5.91. The third-order valence-corrected chi connectivity index (χ3v) is 7.32. The Morgan fingerprint density at radius 2 is 1.70 bits per heavy atom. The molecule has 2 fully saturated rings. The summed E-state index contributed by atoms with van der Waals surface area (Å²) in [5.74, 6) is 0.891. The molecule has 0 aliphatic carbocycles. The van der Waals surface area contributed by atoms with Gasteiger partial charge in [0, 0.05) is 38.8 Å². The highest BCUT2D eigenvalue weighted by Crippen LogP contribution is 2.34. The van der Waals surface area contributed by atoms with Crippen LogP contribution in [0.2, 0.25) is 0 Å². The second-order valence-electron chi connectivity index (χ2n) is 9.71. The van der Waals surface area contributed by atoms with Gasteiger partial charge in [0.2, 0.25) is 11.8 Å². The molecule has 0 aromatic heterocycles. The number of carbonyl (C=O) groups excluding carboxylic acids is 3. The van der Waals surface area contributed by atoms with Crippen molar-refractivity contribution in [1.29, 1.82) is 0 Å². The Kier molecular flexibility index (Phi) is 8.45. The molecule has 9 nitrogen and oxygen atoms in total. The number of hydrogen-bond acceptors (Lipinski definition) is 6. The molecule has 2 aliphatic rings. The van der Waals surface area contributed by atoms with E-state index in [9.17, 15) is 19.5 Å². The molecule has 2 heterocycles. The standard InChI is InChI=1S/C28H36N4O5/c1-3-4-15-32-26(35)24(19-33)30-27(36)28(32)13-16-31(17-14-28)18-20-5-9-22(10-6-20)37-23-11-7-21(8-12-23)25(34)29-2/h5-12,24,33H,3-4,13-19H2,1-2H3,(H,29,34)(H,30,36)/t24-/m0/s1. The fourth-order valence-electron chi connectivity index (χ4n) is 5.09. The van der Waals surface area contributed by atoms with Crippen molar-refractivity contribution in [1.82, 2.24) is 20.4 Å². The van der Waals surface area contributed by atoms with Crippen molar-refractivity contribution in [3.8, 4) is 11.5 Å². The fraction of sp³-hybridized carbons (Fsp3) is 0.464. The molecular formula is C28H36N4O5. The Morgan fingerprint density at radius 3 is 2.27 bits per heavy atom. The van der Waals surface area contributed by atoms with Crippen molar-refractivity contribution in [2.75, 3.05) is 33.3 Å². The SMILES string of the molecule is CCCCN1C(=O)[C@H](CO)NC(=O)C12CCN(Cc1ccc(Oc3ccc(C(=O)NC)cc3)cc1)CC2. The van der Waals surface area contributed by atoms with E-state index < -0.39 is 11.6 Å². The van der Waals surface area contributed by atoms with Crippen LogP contribution in [0.3, 0.4) is 0 Å². The lowest BCUT2D eigenvalue weighted by atomic mass is 9.81. The van der Waals surface area contributed by atoms with Gasteiger partial charge in [0.15, 0.2) is 0 Å². The van der Waals surface area contributed by atoms with Gasteiger partial charge >= 0.3 is 0 Å². The Labute approximate surface area is 217 Å². The molecule has 2 aromatic rings. The highest BCUT2D eigenvalue weighted by atomic mass is 16.5. The summed E-state index contributed by atoms with van der Waals surface area (Å²) in [6, 6.07) is 14.0. The van der Waals surface area contributed by atoms with Crippen LogP contribution >= 0.6 is 0 Å². The smallest absolute Gasteiger partial charge is 0.251 e. The summed E-state index contributed by atoms with van der Waals surface area (Å²) in [5.41, 5.74) is 0.871. The van der Waals surface area contributed by atoms with E-state index >= 15 is 0 Å². The summed E-state index contributed by atoms with van der Waals surface area (Å²) in [7, 11) is 1.60. The number of nitrogens with one attached hydrogen (secondary N) is 2. The number of unbranched alkanes of at least 4 members (excludes halogenated alkanes) is 1. The molecule has 1 atom stereocenters. The second-order valence-corrected chi connectivity index (χ2v) is 9.71. The topological polar surface area (TPSA) is 111 Å². The van der Waals surface area contributed by atoms with Gasteiger partial charge in [-0.3, -0.25) is 19.3 Å². The third-order valence-electron chi connectivity index (χ3n) is 7.32. The summed E-state index contributed by atoms with van der Waals surface area (Å²) in [5, 5.41) is 14.9. The predicted octanol–water partition coefficient (Wildman–Crippen LogP) is 2.29. The van der Waals surface area contributed by atoms with E-state index in [0.29, 0.717) is 49.5 Å². The zero-order valence-electron chi connectivity index (χ0n) is 21.5. The maximum Gasteiger partial charge on any atom is 0.251 e. The Bertz CT molecular complexity index is 1090. The molecule has 1 spiro atoms. The first-order valence-electron chi connectivity index (χ1n) is 12.9. The van der Waals surface area contributed by atoms with E-state index in [0.717, 1.165) is 24.9 Å². The van der Waals surface area contributed by atoms with Crippen molar-refractivity contribution < 1.29 is 24.2 Å². The lowest BCUT2D eigenvalue weighted by molar-refractivity contribution is -0.162. The number of aliphatic hydroxyl groups is 1. The molecule has 3 N–H and O–H groups in total. The molecule has 2 aliphatic heterocycles. The molecule has 3 amide bonds. The van der Waals surface area contributed by atoms with Crippen molar-refractivity contribution >= 4 is 17.7 Å². The Morgan fingerprint density at radius 1 is 1.08 bits per heavy atom. The quantitative estimate of drug-likeness (QED) is 0.479. The number of amides is 3. The van der Waals surface area contributed by atoms with Crippen LogP contribution in [-0.2, 0) is 16.1 Å². The van der Waals surface area contributed by atoms with Gasteiger partial charge in [0.25, 0.3) is 5.91 Å². The highest BCUT2D eigenvalue weighted by Gasteiger charge is 2.53. The number of rotatable bonds is 9. The Balaban J connectivity index is 1.35. The van der Waals surface area contributed by atoms with Gasteiger partial charge in [0.1, 0.15) is 23.1 Å². The molecule has 2 saturated heterocycles. The van der Waals surface area contributed by atoms with Crippen LogP contribution in [0.25, 0.3) is 0 Å². The first-order chi connectivity index (χ1) is 17.9. The van der Waals surface area contributed by atoms with Gasteiger partial charge in [-0.05, 0) is 61.2 Å². The lowest BCUT2D eigenvalue weighted by Crippen LogP contribution is -2.73.